The van der Waals surface area contributed by atoms with Crippen LogP contribution in [0.2, 0.25) is 0 Å². The average Bonchev–Trinajstić information content (AvgIpc) is 2.99. The van der Waals surface area contributed by atoms with Crippen LogP contribution in [0.1, 0.15) is 95.4 Å². The Balaban J connectivity index is 1.35. The van der Waals surface area contributed by atoms with Crippen LogP contribution in [-0.2, 0) is 64.8 Å². The highest BCUT2D eigenvalue weighted by Crippen LogP contribution is 2.40. The molecule has 4 atom stereocenters. The van der Waals surface area contributed by atoms with Crippen LogP contribution in [0.15, 0.2) is 127 Å². The van der Waals surface area contributed by atoms with Crippen molar-refractivity contribution in [2.24, 2.45) is 11.7 Å². The van der Waals surface area contributed by atoms with Gasteiger partial charge in [-0.25, -0.2) is 9.59 Å². The lowest BCUT2D eigenvalue weighted by atomic mass is 9.80. The zero-order valence-electron chi connectivity index (χ0n) is 47.3. The molecule has 9 amide bonds. The number of unbranched alkanes of at least 4 members (excludes halogenated alkanes) is 1. The van der Waals surface area contributed by atoms with Crippen molar-refractivity contribution in [2.75, 3.05) is 38.1 Å². The zero-order valence-corrected chi connectivity index (χ0v) is 47.3. The Morgan fingerprint density at radius 2 is 1.19 bits per heavy atom. The minimum atomic E-state index is -1.54. The summed E-state index contributed by atoms with van der Waals surface area (Å²) in [7, 11) is 0. The number of primary amides is 1. The van der Waals surface area contributed by atoms with Gasteiger partial charge in [0, 0.05) is 43.9 Å². The Hall–Kier alpha value is -8.96. The maximum atomic E-state index is 14.6. The number of ether oxygens (including phenoxy) is 3. The van der Waals surface area contributed by atoms with Gasteiger partial charge in [-0.05, 0) is 93.2 Å². The molecule has 0 aliphatic carbocycles. The second-order valence-corrected chi connectivity index (χ2v) is 21.0. The van der Waals surface area contributed by atoms with E-state index in [9.17, 15) is 53.1 Å². The third-order valence-corrected chi connectivity index (χ3v) is 12.8. The fraction of sp³-hybridized carbons (Fsp3) is 0.400. The van der Waals surface area contributed by atoms with Gasteiger partial charge in [-0.1, -0.05) is 117 Å². The fourth-order valence-electron chi connectivity index (χ4n) is 8.78. The van der Waals surface area contributed by atoms with Crippen molar-refractivity contribution in [3.8, 4) is 0 Å². The molecule has 1 aliphatic heterocycles. The number of hydrogen-bond acceptors (Lipinski definition) is 14. The lowest BCUT2D eigenvalue weighted by molar-refractivity contribution is -0.141. The number of rotatable bonds is 32. The highest BCUT2D eigenvalue weighted by molar-refractivity contribution is 6.12. The van der Waals surface area contributed by atoms with Gasteiger partial charge in [0.15, 0.2) is 0 Å². The van der Waals surface area contributed by atoms with Crippen molar-refractivity contribution in [2.45, 2.75) is 115 Å². The summed E-state index contributed by atoms with van der Waals surface area (Å²) < 4.78 is 17.5. The minimum absolute atomic E-state index is 0.0292. The van der Waals surface area contributed by atoms with Crippen LogP contribution in [0, 0.1) is 5.92 Å². The van der Waals surface area contributed by atoms with Gasteiger partial charge in [-0.3, -0.25) is 48.6 Å². The van der Waals surface area contributed by atoms with Crippen molar-refractivity contribution in [3.63, 3.8) is 0 Å². The van der Waals surface area contributed by atoms with Crippen LogP contribution >= 0.6 is 0 Å². The highest BCUT2D eigenvalue weighted by atomic mass is 16.6. The van der Waals surface area contributed by atoms with Gasteiger partial charge in [0.1, 0.15) is 35.9 Å². The molecule has 0 aromatic heterocycles. The topological polar surface area (TPSA) is 332 Å². The lowest BCUT2D eigenvalue weighted by Gasteiger charge is -2.37. The number of carbonyl (C=O) groups is 10. The maximum Gasteiger partial charge on any atom is 0.407 e. The summed E-state index contributed by atoms with van der Waals surface area (Å²) in [5, 5.41) is 28.9. The molecule has 0 saturated heterocycles. The van der Waals surface area contributed by atoms with E-state index in [0.29, 0.717) is 40.8 Å². The SMILES string of the molecule is CC(C)C[C@H](N[C@@H](CCC(N)=O)C(=O)O)C(=O)N[C@@H](COC(c1ccccc1)(c1ccccc1)c1ccccc1)C(=O)NCC(=O)N[C@@H](CCCCNC(=O)OC(C)(C)C)C(=O)Nc1ccc(COC(=O)NCCN2C(=O)C=CC2=O)cc1. The van der Waals surface area contributed by atoms with Gasteiger partial charge in [0.25, 0.3) is 11.8 Å². The van der Waals surface area contributed by atoms with E-state index in [2.05, 4.69) is 37.2 Å². The fourth-order valence-corrected chi connectivity index (χ4v) is 8.78. The van der Waals surface area contributed by atoms with E-state index in [1.807, 2.05) is 105 Å². The van der Waals surface area contributed by atoms with E-state index in [1.165, 1.54) is 0 Å². The van der Waals surface area contributed by atoms with Crippen LogP contribution in [0.4, 0.5) is 15.3 Å². The van der Waals surface area contributed by atoms with E-state index in [1.54, 1.807) is 45.0 Å². The van der Waals surface area contributed by atoms with Gasteiger partial charge in [0.2, 0.25) is 29.5 Å². The highest BCUT2D eigenvalue weighted by Gasteiger charge is 2.40. The van der Waals surface area contributed by atoms with Crippen molar-refractivity contribution in [1.82, 2.24) is 36.8 Å². The Morgan fingerprint density at radius 1 is 0.627 bits per heavy atom. The molecule has 4 aromatic carbocycles. The number of carboxylic acid groups (broad SMARTS) is 1. The molecule has 83 heavy (non-hydrogen) atoms. The number of benzene rings is 4. The number of nitrogens with zero attached hydrogens (tertiary/aromatic N) is 1. The predicted molar refractivity (Wildman–Crippen MR) is 305 cm³/mol. The van der Waals surface area contributed by atoms with Crippen molar-refractivity contribution >= 4 is 65.2 Å². The van der Waals surface area contributed by atoms with Crippen molar-refractivity contribution in [1.29, 1.82) is 0 Å². The predicted octanol–water partition coefficient (Wildman–Crippen LogP) is 4.29. The molecule has 10 N–H and O–H groups in total. The molecule has 0 radical (unpaired) electrons. The molecule has 23 nitrogen and oxygen atoms in total. The molecule has 4 aromatic rings. The van der Waals surface area contributed by atoms with E-state index in [4.69, 9.17) is 19.9 Å². The molecular weight excluding hydrogens is 1070 g/mol. The van der Waals surface area contributed by atoms with Gasteiger partial charge in [-0.2, -0.15) is 0 Å². The normalized spacial score (nSPS) is 13.7. The van der Waals surface area contributed by atoms with Gasteiger partial charge < -0.3 is 57.0 Å². The van der Waals surface area contributed by atoms with E-state index in [-0.39, 0.29) is 57.8 Å². The summed E-state index contributed by atoms with van der Waals surface area (Å²) in [6.07, 6.45) is 1.26. The van der Waals surface area contributed by atoms with Crippen molar-refractivity contribution in [3.05, 3.63) is 150 Å². The molecule has 23 heteroatoms. The molecular formula is C60H75N9O14. The van der Waals surface area contributed by atoms with Gasteiger partial charge in [-0.15, -0.1) is 0 Å². The summed E-state index contributed by atoms with van der Waals surface area (Å²) in [4.78, 5) is 130. The van der Waals surface area contributed by atoms with E-state index < -0.39 is 108 Å². The molecule has 0 saturated carbocycles. The summed E-state index contributed by atoms with van der Waals surface area (Å²) >= 11 is 0. The van der Waals surface area contributed by atoms with Crippen LogP contribution in [0.5, 0.6) is 0 Å². The second kappa shape index (κ2) is 31.9. The third-order valence-electron chi connectivity index (χ3n) is 12.8. The summed E-state index contributed by atoms with van der Waals surface area (Å²) in [6, 6.07) is 28.8. The quantitative estimate of drug-likeness (QED) is 0.0187. The van der Waals surface area contributed by atoms with Gasteiger partial charge in [0.05, 0.1) is 19.2 Å². The first-order valence-corrected chi connectivity index (χ1v) is 27.3. The first-order valence-electron chi connectivity index (χ1n) is 27.3. The first kappa shape index (κ1) is 64.9. The largest absolute Gasteiger partial charge is 0.480 e. The monoisotopic (exact) mass is 1150 g/mol. The Labute approximate surface area is 482 Å². The Morgan fingerprint density at radius 3 is 1.72 bits per heavy atom. The number of nitrogens with one attached hydrogen (secondary N) is 7. The molecule has 5 rings (SSSR count). The van der Waals surface area contributed by atoms with Crippen LogP contribution in [-0.4, -0.2) is 132 Å². The van der Waals surface area contributed by atoms with Gasteiger partial charge >= 0.3 is 18.2 Å². The number of anilines is 1. The molecule has 1 aliphatic rings. The number of amides is 9. The minimum Gasteiger partial charge on any atom is -0.480 e. The van der Waals surface area contributed by atoms with Crippen LogP contribution < -0.4 is 43.0 Å². The Kier molecular flexibility index (Phi) is 24.9. The standard InChI is InChI=1S/C60H75N9O14/c1-39(2)35-47(66-46(56(77)78)28-29-49(61)70)55(76)68-48(38-82-60(41-17-9-6-10-18-41,42-19-11-7-12-20-42)43-21-13-8-14-22-43)53(74)64-36-50(71)67-45(23-15-16-32-62-58(80)83-59(3,4)5)54(75)65-44-26-24-40(25-27-44)37-81-57(79)63-33-34-69-51(72)30-31-52(69)73/h6-14,17-22,24-27,30-31,39,45-48,66H,15-16,23,28-29,32-38H2,1-5H3,(H2,61,70)(H,62,80)(H,63,79)(H,64,74)(H,65,75)(H,67,71)(H,68,76)(H,77,78)/t45-,46-,47-,48-/m0/s1. The first-order chi connectivity index (χ1) is 39.5. The number of nitrogens with two attached hydrogens (primary N) is 1. The van der Waals surface area contributed by atoms with Crippen LogP contribution in [0.3, 0.4) is 0 Å². The summed E-state index contributed by atoms with van der Waals surface area (Å²) in [6.45, 7) is 7.60. The van der Waals surface area contributed by atoms with Crippen molar-refractivity contribution < 1.29 is 67.3 Å². The maximum absolute atomic E-state index is 14.6. The molecule has 0 spiro atoms. The lowest BCUT2D eigenvalue weighted by Crippen LogP contribution is -2.58. The number of imide groups is 1. The molecule has 444 valence electrons. The number of aliphatic carboxylic acids is 1. The molecule has 0 bridgehead atoms. The number of alkyl carbamates (subject to hydrolysis) is 2. The number of carbonyl (C=O) groups excluding carboxylic acids is 9. The van der Waals surface area contributed by atoms with E-state index >= 15 is 0 Å². The molecule has 0 fully saturated rings. The third kappa shape index (κ3) is 21.1. The molecule has 1 heterocycles. The number of hydrogen-bond donors (Lipinski definition) is 9. The van der Waals surface area contributed by atoms with E-state index in [0.717, 1.165) is 17.1 Å². The molecule has 0 unspecified atom stereocenters. The zero-order chi connectivity index (χ0) is 60.5. The Bertz CT molecular complexity index is 2770. The van der Waals surface area contributed by atoms with Crippen LogP contribution in [0.25, 0.3) is 0 Å². The average molecular weight is 1150 g/mol. The summed E-state index contributed by atoms with van der Waals surface area (Å²) in [5.41, 5.74) is 6.14. The number of carboxylic acids is 1. The smallest absolute Gasteiger partial charge is 0.407 e. The summed E-state index contributed by atoms with van der Waals surface area (Å²) in [5.74, 6) is -6.24. The second-order valence-electron chi connectivity index (χ2n) is 21.0.